The third kappa shape index (κ3) is 4.19. The van der Waals surface area contributed by atoms with E-state index in [-0.39, 0.29) is 6.54 Å². The van der Waals surface area contributed by atoms with Gasteiger partial charge in [-0.15, -0.1) is 0 Å². The van der Waals surface area contributed by atoms with Crippen molar-refractivity contribution in [3.63, 3.8) is 0 Å². The number of carbonyl (C=O) groups is 1. The summed E-state index contributed by atoms with van der Waals surface area (Å²) in [6, 6.07) is 1.74. The first-order valence-electron chi connectivity index (χ1n) is 8.83. The lowest BCUT2D eigenvalue weighted by molar-refractivity contribution is -0.139. The van der Waals surface area contributed by atoms with Gasteiger partial charge in [0.15, 0.2) is 0 Å². The molecule has 1 atom stereocenters. The molecule has 3 saturated carbocycles. The van der Waals surface area contributed by atoms with Crippen molar-refractivity contribution >= 4 is 5.97 Å². The van der Waals surface area contributed by atoms with E-state index in [9.17, 15) is 4.79 Å². The number of rotatable bonds is 8. The molecule has 0 aliphatic heterocycles. The molecular formula is C17H30N2O2. The van der Waals surface area contributed by atoms with Crippen molar-refractivity contribution in [2.45, 2.75) is 76.4 Å². The summed E-state index contributed by atoms with van der Waals surface area (Å²) in [7, 11) is 0. The van der Waals surface area contributed by atoms with Crippen LogP contribution in [0.5, 0.6) is 0 Å². The molecule has 0 heterocycles. The standard InChI is InChI=1S/C17H30N2O2/c1-12(14-4-2-3-5-14)18-15-8-16(9-15)19(11-17(20)21)10-13-6-7-13/h12-16,18H,2-11H2,1H3,(H,20,21). The fourth-order valence-corrected chi connectivity index (χ4v) is 4.14. The average molecular weight is 294 g/mol. The molecule has 120 valence electrons. The molecule has 0 aromatic rings. The Balaban J connectivity index is 1.41. The zero-order valence-corrected chi connectivity index (χ0v) is 13.3. The molecule has 0 bridgehead atoms. The van der Waals surface area contributed by atoms with Gasteiger partial charge in [-0.05, 0) is 57.3 Å². The Morgan fingerprint density at radius 1 is 1.24 bits per heavy atom. The van der Waals surface area contributed by atoms with E-state index >= 15 is 0 Å². The van der Waals surface area contributed by atoms with E-state index in [2.05, 4.69) is 17.1 Å². The van der Waals surface area contributed by atoms with Crippen molar-refractivity contribution in [1.82, 2.24) is 10.2 Å². The summed E-state index contributed by atoms with van der Waals surface area (Å²) in [5.41, 5.74) is 0. The highest BCUT2D eigenvalue weighted by Crippen LogP contribution is 2.34. The topological polar surface area (TPSA) is 52.6 Å². The van der Waals surface area contributed by atoms with Crippen molar-refractivity contribution in [3.8, 4) is 0 Å². The van der Waals surface area contributed by atoms with Crippen LogP contribution >= 0.6 is 0 Å². The van der Waals surface area contributed by atoms with Crippen LogP contribution in [0.25, 0.3) is 0 Å². The number of nitrogens with zero attached hydrogens (tertiary/aromatic N) is 1. The van der Waals surface area contributed by atoms with Crippen molar-refractivity contribution in [1.29, 1.82) is 0 Å². The van der Waals surface area contributed by atoms with Gasteiger partial charge >= 0.3 is 5.97 Å². The van der Waals surface area contributed by atoms with Gasteiger partial charge in [0.2, 0.25) is 0 Å². The summed E-state index contributed by atoms with van der Waals surface area (Å²) in [5, 5.41) is 12.9. The van der Waals surface area contributed by atoms with Crippen LogP contribution < -0.4 is 5.32 Å². The molecule has 0 radical (unpaired) electrons. The zero-order chi connectivity index (χ0) is 14.8. The van der Waals surface area contributed by atoms with Gasteiger partial charge in [-0.25, -0.2) is 0 Å². The predicted molar refractivity (Wildman–Crippen MR) is 83.3 cm³/mol. The van der Waals surface area contributed by atoms with Crippen LogP contribution in [0.3, 0.4) is 0 Å². The first kappa shape index (κ1) is 15.3. The van der Waals surface area contributed by atoms with E-state index in [1.165, 1.54) is 38.5 Å². The number of carboxylic acids is 1. The summed E-state index contributed by atoms with van der Waals surface area (Å²) in [5.74, 6) is 0.964. The lowest BCUT2D eigenvalue weighted by Crippen LogP contribution is -2.56. The molecule has 4 heteroatoms. The predicted octanol–water partition coefficient (Wildman–Crippen LogP) is 2.48. The minimum atomic E-state index is -0.675. The van der Waals surface area contributed by atoms with Gasteiger partial charge in [-0.2, -0.15) is 0 Å². The first-order valence-corrected chi connectivity index (χ1v) is 8.83. The largest absolute Gasteiger partial charge is 0.480 e. The van der Waals surface area contributed by atoms with Crippen molar-refractivity contribution in [2.75, 3.05) is 13.1 Å². The smallest absolute Gasteiger partial charge is 0.317 e. The van der Waals surface area contributed by atoms with Crippen molar-refractivity contribution < 1.29 is 9.90 Å². The second-order valence-corrected chi connectivity index (χ2v) is 7.59. The maximum absolute atomic E-state index is 11.0. The van der Waals surface area contributed by atoms with Gasteiger partial charge in [-0.3, -0.25) is 9.69 Å². The van der Waals surface area contributed by atoms with E-state index in [0.717, 1.165) is 31.2 Å². The quantitative estimate of drug-likeness (QED) is 0.722. The van der Waals surface area contributed by atoms with Gasteiger partial charge in [0.25, 0.3) is 0 Å². The molecule has 3 aliphatic rings. The first-order chi connectivity index (χ1) is 10.1. The molecule has 4 nitrogen and oxygen atoms in total. The van der Waals surface area contributed by atoms with Crippen LogP contribution in [-0.2, 0) is 4.79 Å². The lowest BCUT2D eigenvalue weighted by Gasteiger charge is -2.44. The maximum Gasteiger partial charge on any atom is 0.317 e. The minimum absolute atomic E-state index is 0.228. The summed E-state index contributed by atoms with van der Waals surface area (Å²) in [6.07, 6.45) is 10.4. The molecule has 0 saturated heterocycles. The SMILES string of the molecule is CC(NC1CC(N(CC(=O)O)CC2CC2)C1)C1CCCC1. The Kier molecular flexibility index (Phi) is 4.85. The van der Waals surface area contributed by atoms with Gasteiger partial charge in [0, 0.05) is 24.7 Å². The van der Waals surface area contributed by atoms with Crippen LogP contribution in [-0.4, -0.2) is 47.2 Å². The van der Waals surface area contributed by atoms with E-state index < -0.39 is 5.97 Å². The summed E-state index contributed by atoms with van der Waals surface area (Å²) in [6.45, 7) is 3.57. The number of aliphatic carboxylic acids is 1. The zero-order valence-electron chi connectivity index (χ0n) is 13.3. The Morgan fingerprint density at radius 2 is 1.90 bits per heavy atom. The number of carboxylic acid groups (broad SMARTS) is 1. The summed E-state index contributed by atoms with van der Waals surface area (Å²) < 4.78 is 0. The average Bonchev–Trinajstić information content (AvgIpc) is 3.03. The number of hydrogen-bond acceptors (Lipinski definition) is 3. The molecule has 0 amide bonds. The van der Waals surface area contributed by atoms with Gasteiger partial charge < -0.3 is 10.4 Å². The fraction of sp³-hybridized carbons (Fsp3) is 0.941. The van der Waals surface area contributed by atoms with Crippen LogP contribution in [0.15, 0.2) is 0 Å². The van der Waals surface area contributed by atoms with E-state index in [1.54, 1.807) is 0 Å². The molecule has 21 heavy (non-hydrogen) atoms. The van der Waals surface area contributed by atoms with Crippen molar-refractivity contribution in [3.05, 3.63) is 0 Å². The van der Waals surface area contributed by atoms with E-state index in [1.807, 2.05) is 0 Å². The minimum Gasteiger partial charge on any atom is -0.480 e. The molecule has 0 aromatic carbocycles. The van der Waals surface area contributed by atoms with Gasteiger partial charge in [0.1, 0.15) is 0 Å². The van der Waals surface area contributed by atoms with Crippen LogP contribution in [0.2, 0.25) is 0 Å². The van der Waals surface area contributed by atoms with Gasteiger partial charge in [-0.1, -0.05) is 12.8 Å². The molecule has 0 spiro atoms. The third-order valence-corrected chi connectivity index (χ3v) is 5.76. The lowest BCUT2D eigenvalue weighted by atomic mass is 9.83. The highest BCUT2D eigenvalue weighted by Gasteiger charge is 2.38. The van der Waals surface area contributed by atoms with E-state index in [0.29, 0.717) is 18.1 Å². The fourth-order valence-electron chi connectivity index (χ4n) is 4.14. The van der Waals surface area contributed by atoms with Crippen LogP contribution in [0.1, 0.15) is 58.3 Å². The van der Waals surface area contributed by atoms with Gasteiger partial charge in [0.05, 0.1) is 6.54 Å². The van der Waals surface area contributed by atoms with Crippen LogP contribution in [0.4, 0.5) is 0 Å². The summed E-state index contributed by atoms with van der Waals surface area (Å²) in [4.78, 5) is 13.3. The molecule has 2 N–H and O–H groups in total. The molecular weight excluding hydrogens is 264 g/mol. The number of hydrogen-bond donors (Lipinski definition) is 2. The van der Waals surface area contributed by atoms with E-state index in [4.69, 9.17) is 5.11 Å². The second kappa shape index (κ2) is 6.66. The summed E-state index contributed by atoms with van der Waals surface area (Å²) >= 11 is 0. The molecule has 3 rings (SSSR count). The Hall–Kier alpha value is -0.610. The Morgan fingerprint density at radius 3 is 2.48 bits per heavy atom. The van der Waals surface area contributed by atoms with Crippen LogP contribution in [0, 0.1) is 11.8 Å². The Bertz CT molecular complexity index is 358. The van der Waals surface area contributed by atoms with Crippen molar-refractivity contribution in [2.24, 2.45) is 11.8 Å². The molecule has 3 fully saturated rings. The molecule has 3 aliphatic carbocycles. The maximum atomic E-state index is 11.0. The normalized spacial score (nSPS) is 31.3. The highest BCUT2D eigenvalue weighted by molar-refractivity contribution is 5.69. The Labute approximate surface area is 128 Å². The molecule has 1 unspecified atom stereocenters. The second-order valence-electron chi connectivity index (χ2n) is 7.59. The number of nitrogens with one attached hydrogen (secondary N) is 1. The molecule has 0 aromatic heterocycles. The third-order valence-electron chi connectivity index (χ3n) is 5.76. The monoisotopic (exact) mass is 294 g/mol. The highest BCUT2D eigenvalue weighted by atomic mass is 16.4.